The number of aryl methyl sites for hydroxylation is 1. The van der Waals surface area contributed by atoms with Gasteiger partial charge in [-0.15, -0.1) is 23.1 Å². The van der Waals surface area contributed by atoms with Crippen LogP contribution in [-0.2, 0) is 6.42 Å². The molecule has 2 aromatic rings. The minimum atomic E-state index is 0.645. The Morgan fingerprint density at radius 1 is 1.35 bits per heavy atom. The molecular weight excluding hydrogens is 306 g/mol. The van der Waals surface area contributed by atoms with E-state index in [0.717, 1.165) is 18.1 Å². The number of thioether (sulfide) groups is 1. The summed E-state index contributed by atoms with van der Waals surface area (Å²) in [7, 11) is 0. The molecule has 0 spiro atoms. The Morgan fingerprint density at radius 3 is 3.10 bits per heavy atom. The molecule has 0 amide bonds. The molecule has 3 unspecified atom stereocenters. The molecule has 3 atom stereocenters. The Balaban J connectivity index is 1.40. The highest BCUT2D eigenvalue weighted by Gasteiger charge is 2.41. The molecule has 0 N–H and O–H groups in total. The lowest BCUT2D eigenvalue weighted by atomic mass is 9.90. The van der Waals surface area contributed by atoms with Gasteiger partial charge in [-0.25, -0.2) is 0 Å². The molecule has 20 heavy (non-hydrogen) atoms. The van der Waals surface area contributed by atoms with E-state index >= 15 is 0 Å². The Hall–Kier alpha value is -0.430. The Morgan fingerprint density at radius 2 is 2.35 bits per heavy atom. The summed E-state index contributed by atoms with van der Waals surface area (Å²) in [4.78, 5) is 4.04. The molecule has 2 saturated heterocycles. The van der Waals surface area contributed by atoms with Crippen LogP contribution in [0.4, 0.5) is 0 Å². The van der Waals surface area contributed by atoms with Crippen molar-refractivity contribution in [2.24, 2.45) is 5.92 Å². The van der Waals surface area contributed by atoms with E-state index < -0.39 is 0 Å². The van der Waals surface area contributed by atoms with Gasteiger partial charge in [0.05, 0.1) is 17.4 Å². The third-order valence-corrected chi connectivity index (χ3v) is 6.91. The van der Waals surface area contributed by atoms with Crippen molar-refractivity contribution >= 4 is 34.8 Å². The zero-order valence-electron chi connectivity index (χ0n) is 11.2. The molecule has 0 saturated carbocycles. The van der Waals surface area contributed by atoms with Crippen molar-refractivity contribution in [3.8, 4) is 0 Å². The number of nitrogens with zero attached hydrogens (tertiary/aromatic N) is 3. The fourth-order valence-corrected chi connectivity index (χ4v) is 5.90. The Labute approximate surface area is 131 Å². The van der Waals surface area contributed by atoms with E-state index in [4.69, 9.17) is 0 Å². The maximum Gasteiger partial charge on any atom is 0.134 e. The van der Waals surface area contributed by atoms with E-state index in [1.807, 2.05) is 23.1 Å². The van der Waals surface area contributed by atoms with E-state index in [1.54, 1.807) is 0 Å². The van der Waals surface area contributed by atoms with Crippen LogP contribution < -0.4 is 0 Å². The zero-order chi connectivity index (χ0) is 13.4. The van der Waals surface area contributed by atoms with Crippen LogP contribution in [0.25, 0.3) is 0 Å². The van der Waals surface area contributed by atoms with Crippen LogP contribution in [0.15, 0.2) is 22.5 Å². The van der Waals surface area contributed by atoms with E-state index in [0.29, 0.717) is 5.92 Å². The van der Waals surface area contributed by atoms with Gasteiger partial charge in [0, 0.05) is 29.6 Å². The van der Waals surface area contributed by atoms with Crippen molar-refractivity contribution < 1.29 is 0 Å². The first-order chi connectivity index (χ1) is 9.90. The maximum atomic E-state index is 4.62. The van der Waals surface area contributed by atoms with Crippen molar-refractivity contribution in [3.05, 3.63) is 28.1 Å². The average Bonchev–Trinajstić information content (AvgIpc) is 3.24. The van der Waals surface area contributed by atoms with Gasteiger partial charge in [-0.05, 0) is 36.8 Å². The van der Waals surface area contributed by atoms with E-state index in [2.05, 4.69) is 31.2 Å². The molecule has 106 valence electrons. The highest BCUT2D eigenvalue weighted by molar-refractivity contribution is 7.99. The molecule has 0 radical (unpaired) electrons. The van der Waals surface area contributed by atoms with Crippen molar-refractivity contribution in [2.75, 3.05) is 25.4 Å². The molecule has 2 fully saturated rings. The van der Waals surface area contributed by atoms with Crippen LogP contribution in [0.5, 0.6) is 0 Å². The van der Waals surface area contributed by atoms with Crippen LogP contribution in [0, 0.1) is 5.92 Å². The van der Waals surface area contributed by atoms with Gasteiger partial charge in [-0.1, -0.05) is 6.07 Å². The minimum Gasteiger partial charge on any atom is -0.302 e. The predicted molar refractivity (Wildman–Crippen MR) is 85.9 cm³/mol. The molecule has 6 heteroatoms. The minimum absolute atomic E-state index is 0.645. The van der Waals surface area contributed by atoms with Crippen LogP contribution >= 0.6 is 34.8 Å². The van der Waals surface area contributed by atoms with Gasteiger partial charge in [0.1, 0.15) is 5.03 Å². The van der Waals surface area contributed by atoms with E-state index in [9.17, 15) is 0 Å². The van der Waals surface area contributed by atoms with Gasteiger partial charge < -0.3 is 4.90 Å². The Bertz CT molecular complexity index is 566. The van der Waals surface area contributed by atoms with Gasteiger partial charge in [0.15, 0.2) is 0 Å². The molecule has 0 aliphatic carbocycles. The van der Waals surface area contributed by atoms with Gasteiger partial charge in [0.25, 0.3) is 0 Å². The molecule has 0 aromatic carbocycles. The predicted octanol–water partition coefficient (Wildman–Crippen LogP) is 3.35. The van der Waals surface area contributed by atoms with Gasteiger partial charge in [-0.3, -0.25) is 0 Å². The molecule has 3 nitrogen and oxygen atoms in total. The summed E-state index contributed by atoms with van der Waals surface area (Å²) in [5.41, 5.74) is 1.29. The van der Waals surface area contributed by atoms with Gasteiger partial charge in [-0.2, -0.15) is 8.75 Å². The van der Waals surface area contributed by atoms with E-state index in [-0.39, 0.29) is 0 Å². The van der Waals surface area contributed by atoms with Crippen LogP contribution in [0.3, 0.4) is 0 Å². The second-order valence-corrected chi connectivity index (χ2v) is 8.19. The van der Waals surface area contributed by atoms with Crippen molar-refractivity contribution in [2.45, 2.75) is 23.8 Å². The lowest BCUT2D eigenvalue weighted by molar-refractivity contribution is 0.342. The highest BCUT2D eigenvalue weighted by Crippen LogP contribution is 2.42. The third-order valence-electron chi connectivity index (χ3n) is 4.33. The summed E-state index contributed by atoms with van der Waals surface area (Å²) in [6, 6.07) is 4.35. The first-order valence-electron chi connectivity index (χ1n) is 7.10. The fraction of sp³-hybridized carbons (Fsp3) is 0.571. The van der Waals surface area contributed by atoms with Gasteiger partial charge in [0.2, 0.25) is 0 Å². The summed E-state index contributed by atoms with van der Waals surface area (Å²) in [5.74, 6) is 2.59. The average molecular weight is 324 g/mol. The molecule has 2 aliphatic heterocycles. The molecule has 2 aliphatic rings. The first kappa shape index (κ1) is 13.2. The zero-order valence-corrected chi connectivity index (χ0v) is 13.6. The quantitative estimate of drug-likeness (QED) is 0.789. The molecular formula is C14H17N3S3. The fourth-order valence-electron chi connectivity index (χ4n) is 3.31. The highest BCUT2D eigenvalue weighted by atomic mass is 32.2. The molecule has 2 bridgehead atoms. The van der Waals surface area contributed by atoms with Gasteiger partial charge >= 0.3 is 0 Å². The second kappa shape index (κ2) is 5.75. The van der Waals surface area contributed by atoms with Crippen molar-refractivity contribution in [3.63, 3.8) is 0 Å². The summed E-state index contributed by atoms with van der Waals surface area (Å²) in [5, 5.41) is 3.35. The number of rotatable bonds is 5. The summed E-state index contributed by atoms with van der Waals surface area (Å²) >= 11 is 5.13. The smallest absolute Gasteiger partial charge is 0.134 e. The summed E-state index contributed by atoms with van der Waals surface area (Å²) in [6.45, 7) is 3.77. The number of piperidine rings is 1. The molecule has 4 rings (SSSR count). The normalized spacial score (nSPS) is 28.3. The SMILES string of the molecule is c1csc(CCSc2nsnc2C2CN3CCC2C3)c1. The number of thiophene rings is 1. The summed E-state index contributed by atoms with van der Waals surface area (Å²) < 4.78 is 9.16. The first-order valence-corrected chi connectivity index (χ1v) is 9.69. The largest absolute Gasteiger partial charge is 0.302 e. The number of hydrogen-bond acceptors (Lipinski definition) is 6. The number of aromatic nitrogens is 2. The summed E-state index contributed by atoms with van der Waals surface area (Å²) in [6.07, 6.45) is 2.49. The molecule has 2 aromatic heterocycles. The van der Waals surface area contributed by atoms with Crippen LogP contribution in [-0.4, -0.2) is 39.0 Å². The van der Waals surface area contributed by atoms with Crippen LogP contribution in [0.2, 0.25) is 0 Å². The number of hydrogen-bond donors (Lipinski definition) is 0. The van der Waals surface area contributed by atoms with Crippen molar-refractivity contribution in [1.29, 1.82) is 0 Å². The second-order valence-electron chi connectivity index (χ2n) is 5.55. The molecule has 4 heterocycles. The standard InChI is InChI=1S/C14H17N3S3/c1-2-11(18-6-1)4-7-19-14-13(15-20-16-14)12-9-17-5-3-10(12)8-17/h1-2,6,10,12H,3-5,7-9H2. The third kappa shape index (κ3) is 2.54. The van der Waals surface area contributed by atoms with Crippen molar-refractivity contribution in [1.82, 2.24) is 13.6 Å². The monoisotopic (exact) mass is 323 g/mol. The lowest BCUT2D eigenvalue weighted by Gasteiger charge is -2.20. The maximum absolute atomic E-state index is 4.62. The number of fused-ring (bicyclic) bond motifs is 2. The lowest BCUT2D eigenvalue weighted by Crippen LogP contribution is -2.22. The topological polar surface area (TPSA) is 29.0 Å². The van der Waals surface area contributed by atoms with E-state index in [1.165, 1.54) is 53.4 Å². The Kier molecular flexibility index (Phi) is 3.81. The van der Waals surface area contributed by atoms with Crippen LogP contribution in [0.1, 0.15) is 22.9 Å².